The van der Waals surface area contributed by atoms with Crippen molar-refractivity contribution in [2.24, 2.45) is 0 Å². The van der Waals surface area contributed by atoms with Gasteiger partial charge in [0.15, 0.2) is 0 Å². The first-order chi connectivity index (χ1) is 30.7. The normalized spacial score (nSPS) is 11.5. The molecular weight excluding hydrogens is 751 g/mol. The van der Waals surface area contributed by atoms with Crippen LogP contribution in [0.2, 0.25) is 0 Å². The van der Waals surface area contributed by atoms with E-state index in [9.17, 15) is 0 Å². The molecule has 3 heteroatoms. The van der Waals surface area contributed by atoms with Gasteiger partial charge >= 0.3 is 0 Å². The highest BCUT2D eigenvalue weighted by Gasteiger charge is 2.20. The summed E-state index contributed by atoms with van der Waals surface area (Å²) in [4.78, 5) is 5.39. The summed E-state index contributed by atoms with van der Waals surface area (Å²) in [7, 11) is 0. The average Bonchev–Trinajstić information content (AvgIpc) is 3.88. The maximum Gasteiger partial charge on any atom is 0.138 e. The van der Waals surface area contributed by atoms with Crippen molar-refractivity contribution in [1.82, 2.24) is 14.1 Å². The van der Waals surface area contributed by atoms with Crippen LogP contribution in [0.3, 0.4) is 0 Å². The molecule has 3 aromatic heterocycles. The Morgan fingerprint density at radius 1 is 0.274 bits per heavy atom. The van der Waals surface area contributed by atoms with Gasteiger partial charge in [-0.3, -0.25) is 4.57 Å². The molecule has 290 valence electrons. The van der Waals surface area contributed by atoms with Crippen molar-refractivity contribution < 1.29 is 0 Å². The SMILES string of the molecule is c1ccc(-c2cc(-c3ccccc3)cc(-n3c4ccccc4c4cc(-c5cccc6c5c5ccccc5n6-c5cc(-c6ccccc6)cc(-c6ccccc6)n5)ccc43)c2)cc1. The molecule has 3 nitrogen and oxygen atoms in total. The fraction of sp³-hybridized carbons (Fsp3) is 0. The van der Waals surface area contributed by atoms with E-state index in [-0.39, 0.29) is 0 Å². The lowest BCUT2D eigenvalue weighted by molar-refractivity contribution is 1.08. The van der Waals surface area contributed by atoms with E-state index < -0.39 is 0 Å². The van der Waals surface area contributed by atoms with Gasteiger partial charge in [-0.15, -0.1) is 0 Å². The molecule has 12 aromatic rings. The second kappa shape index (κ2) is 14.8. The van der Waals surface area contributed by atoms with E-state index in [4.69, 9.17) is 4.98 Å². The van der Waals surface area contributed by atoms with E-state index in [0.717, 1.165) is 44.9 Å². The first-order valence-corrected chi connectivity index (χ1v) is 21.2. The van der Waals surface area contributed by atoms with E-state index in [1.165, 1.54) is 66.0 Å². The smallest absolute Gasteiger partial charge is 0.138 e. The van der Waals surface area contributed by atoms with Gasteiger partial charge in [0.1, 0.15) is 5.82 Å². The average molecular weight is 790 g/mol. The molecule has 62 heavy (non-hydrogen) atoms. The van der Waals surface area contributed by atoms with Crippen molar-refractivity contribution in [2.75, 3.05) is 0 Å². The summed E-state index contributed by atoms with van der Waals surface area (Å²) in [5, 5.41) is 4.85. The van der Waals surface area contributed by atoms with Crippen LogP contribution in [0.5, 0.6) is 0 Å². The third kappa shape index (κ3) is 6.02. The molecule has 0 unspecified atom stereocenters. The Bertz CT molecular complexity index is 3490. The van der Waals surface area contributed by atoms with Gasteiger partial charge in [-0.1, -0.05) is 176 Å². The van der Waals surface area contributed by atoms with Crippen LogP contribution in [-0.2, 0) is 0 Å². The Kier molecular flexibility index (Phi) is 8.50. The molecule has 0 fully saturated rings. The zero-order valence-electron chi connectivity index (χ0n) is 33.9. The van der Waals surface area contributed by atoms with Crippen LogP contribution in [0.1, 0.15) is 0 Å². The number of hydrogen-bond acceptors (Lipinski definition) is 1. The fourth-order valence-corrected chi connectivity index (χ4v) is 9.44. The van der Waals surface area contributed by atoms with Crippen molar-refractivity contribution in [3.05, 3.63) is 237 Å². The van der Waals surface area contributed by atoms with E-state index in [1.807, 2.05) is 0 Å². The first-order valence-electron chi connectivity index (χ1n) is 21.2. The zero-order valence-corrected chi connectivity index (χ0v) is 33.9. The highest BCUT2D eigenvalue weighted by Crippen LogP contribution is 2.42. The Hall–Kier alpha value is -8.27. The highest BCUT2D eigenvalue weighted by atomic mass is 15.1. The predicted molar refractivity (Wildman–Crippen MR) is 260 cm³/mol. The summed E-state index contributed by atoms with van der Waals surface area (Å²) in [6.07, 6.45) is 0. The van der Waals surface area contributed by atoms with E-state index in [1.54, 1.807) is 0 Å². The van der Waals surface area contributed by atoms with Gasteiger partial charge in [0, 0.05) is 32.8 Å². The lowest BCUT2D eigenvalue weighted by atomic mass is 9.97. The summed E-state index contributed by atoms with van der Waals surface area (Å²) < 4.78 is 4.79. The predicted octanol–water partition coefficient (Wildman–Crippen LogP) is 15.6. The van der Waals surface area contributed by atoms with Gasteiger partial charge in [0.2, 0.25) is 0 Å². The monoisotopic (exact) mass is 789 g/mol. The van der Waals surface area contributed by atoms with E-state index in [0.29, 0.717) is 0 Å². The molecule has 0 aliphatic heterocycles. The number of para-hydroxylation sites is 2. The summed E-state index contributed by atoms with van der Waals surface area (Å²) in [6.45, 7) is 0. The molecule has 0 spiro atoms. The number of pyridine rings is 1. The third-order valence-electron chi connectivity index (χ3n) is 12.3. The van der Waals surface area contributed by atoms with Gasteiger partial charge < -0.3 is 4.57 Å². The fourth-order valence-electron chi connectivity index (χ4n) is 9.44. The Morgan fingerprint density at radius 2 is 0.774 bits per heavy atom. The lowest BCUT2D eigenvalue weighted by Gasteiger charge is -2.14. The van der Waals surface area contributed by atoms with Gasteiger partial charge in [-0.05, 0) is 105 Å². The standard InChI is InChI=1S/C59H39N3/c1-5-18-40(19-6-1)45-34-46(41-20-7-2-8-21-41)36-48(35-45)61-54-29-15-13-26-50(54)52-37-44(32-33-56(52)61)49-28-17-31-57-59(49)51-27-14-16-30-55(51)62(57)58-39-47(42-22-9-3-10-23-42)38-53(60-58)43-24-11-4-12-25-43/h1-39H. The zero-order chi connectivity index (χ0) is 41.0. The minimum absolute atomic E-state index is 0.889. The van der Waals surface area contributed by atoms with Gasteiger partial charge in [-0.2, -0.15) is 0 Å². The van der Waals surface area contributed by atoms with E-state index >= 15 is 0 Å². The quantitative estimate of drug-likeness (QED) is 0.158. The maximum absolute atomic E-state index is 5.39. The molecule has 0 aliphatic rings. The molecule has 0 saturated heterocycles. The Labute approximate surface area is 360 Å². The number of hydrogen-bond donors (Lipinski definition) is 0. The molecule has 0 saturated carbocycles. The second-order valence-corrected chi connectivity index (χ2v) is 16.0. The van der Waals surface area contributed by atoms with Crippen LogP contribution in [0.4, 0.5) is 0 Å². The van der Waals surface area contributed by atoms with Crippen LogP contribution < -0.4 is 0 Å². The number of nitrogens with zero attached hydrogens (tertiary/aromatic N) is 3. The first kappa shape index (κ1) is 35.7. The van der Waals surface area contributed by atoms with Crippen LogP contribution >= 0.6 is 0 Å². The molecule has 3 heterocycles. The topological polar surface area (TPSA) is 22.8 Å². The van der Waals surface area contributed by atoms with Crippen molar-refractivity contribution in [2.45, 2.75) is 0 Å². The van der Waals surface area contributed by atoms with E-state index in [2.05, 4.69) is 246 Å². The molecule has 0 aliphatic carbocycles. The Balaban J connectivity index is 1.07. The van der Waals surface area contributed by atoms with Gasteiger partial charge in [-0.25, -0.2) is 4.98 Å². The van der Waals surface area contributed by atoms with Crippen molar-refractivity contribution in [3.8, 4) is 67.3 Å². The van der Waals surface area contributed by atoms with Crippen molar-refractivity contribution in [1.29, 1.82) is 0 Å². The second-order valence-electron chi connectivity index (χ2n) is 16.0. The number of rotatable bonds is 7. The van der Waals surface area contributed by atoms with Crippen molar-refractivity contribution in [3.63, 3.8) is 0 Å². The van der Waals surface area contributed by atoms with Gasteiger partial charge in [0.05, 0.1) is 27.8 Å². The van der Waals surface area contributed by atoms with Crippen LogP contribution in [0.25, 0.3) is 111 Å². The number of aromatic nitrogens is 3. The minimum atomic E-state index is 0.889. The highest BCUT2D eigenvalue weighted by molar-refractivity contribution is 6.17. The summed E-state index contributed by atoms with van der Waals surface area (Å²) in [5.41, 5.74) is 17.2. The molecule has 0 radical (unpaired) electrons. The molecular formula is C59H39N3. The molecule has 0 bridgehead atoms. The number of benzene rings is 9. The molecule has 12 rings (SSSR count). The number of fused-ring (bicyclic) bond motifs is 6. The van der Waals surface area contributed by atoms with Gasteiger partial charge in [0.25, 0.3) is 0 Å². The molecule has 9 aromatic carbocycles. The van der Waals surface area contributed by atoms with Crippen molar-refractivity contribution >= 4 is 43.6 Å². The Morgan fingerprint density at radius 3 is 1.40 bits per heavy atom. The van der Waals surface area contributed by atoms with Crippen LogP contribution in [0, 0.1) is 0 Å². The maximum atomic E-state index is 5.39. The van der Waals surface area contributed by atoms with Crippen LogP contribution in [0.15, 0.2) is 237 Å². The lowest BCUT2D eigenvalue weighted by Crippen LogP contribution is -2.00. The molecule has 0 amide bonds. The van der Waals surface area contributed by atoms with Crippen LogP contribution in [-0.4, -0.2) is 14.1 Å². The largest absolute Gasteiger partial charge is 0.309 e. The molecule has 0 N–H and O–H groups in total. The summed E-state index contributed by atoms with van der Waals surface area (Å²) in [6, 6.07) is 85.3. The summed E-state index contributed by atoms with van der Waals surface area (Å²) >= 11 is 0. The summed E-state index contributed by atoms with van der Waals surface area (Å²) in [5.74, 6) is 0.889. The minimum Gasteiger partial charge on any atom is -0.309 e. The molecule has 0 atom stereocenters. The third-order valence-corrected chi connectivity index (χ3v) is 12.3.